The molecule has 1 aliphatic carbocycles. The number of anilines is 1. The van der Waals surface area contributed by atoms with Gasteiger partial charge in [0.2, 0.25) is 5.54 Å². The van der Waals surface area contributed by atoms with Crippen molar-refractivity contribution >= 4 is 17.2 Å². The molecular formula is C22H20N4. The molecule has 1 saturated heterocycles. The van der Waals surface area contributed by atoms with Crippen LogP contribution in [0.2, 0.25) is 0 Å². The molecule has 1 aliphatic heterocycles. The lowest BCUT2D eigenvalue weighted by Gasteiger charge is -2.53. The molecule has 0 aromatic heterocycles. The zero-order chi connectivity index (χ0) is 18.5. The van der Waals surface area contributed by atoms with Crippen molar-refractivity contribution in [2.45, 2.75) is 39.2 Å². The van der Waals surface area contributed by atoms with Gasteiger partial charge in [-0.3, -0.25) is 4.90 Å². The summed E-state index contributed by atoms with van der Waals surface area (Å²) in [5, 5.41) is 19.8. The van der Waals surface area contributed by atoms with Crippen LogP contribution in [0.15, 0.2) is 47.5 Å². The molecule has 2 fully saturated rings. The summed E-state index contributed by atoms with van der Waals surface area (Å²) in [5.41, 5.74) is 3.63. The van der Waals surface area contributed by atoms with Gasteiger partial charge < -0.3 is 0 Å². The highest BCUT2D eigenvalue weighted by Gasteiger charge is 2.77. The first-order chi connectivity index (χ1) is 12.5. The summed E-state index contributed by atoms with van der Waals surface area (Å²) >= 11 is 0. The zero-order valence-corrected chi connectivity index (χ0v) is 15.2. The highest BCUT2D eigenvalue weighted by molar-refractivity contribution is 6.16. The van der Waals surface area contributed by atoms with E-state index in [0.29, 0.717) is 0 Å². The third-order valence-corrected chi connectivity index (χ3v) is 5.61. The fourth-order valence-electron chi connectivity index (χ4n) is 4.25. The number of amidine groups is 1. The van der Waals surface area contributed by atoms with E-state index in [0.717, 1.165) is 41.2 Å². The number of aliphatic imine (C=N–C) groups is 1. The standard InChI is InChI=1S/C22H20N4/c1-15-11-16(2)19(17(3)12-15)25-20-21(9-10-21)22(13-23,14-24)26(20)18-7-5-4-6-8-18/h4-8,11-12H,9-10H2,1-3H3. The third-order valence-electron chi connectivity index (χ3n) is 5.61. The Hall–Kier alpha value is -3.11. The molecule has 0 unspecified atom stereocenters. The van der Waals surface area contributed by atoms with Gasteiger partial charge in [-0.05, 0) is 56.9 Å². The zero-order valence-electron chi connectivity index (χ0n) is 15.2. The van der Waals surface area contributed by atoms with E-state index in [1.165, 1.54) is 5.56 Å². The number of benzene rings is 2. The van der Waals surface area contributed by atoms with Crippen molar-refractivity contribution in [2.24, 2.45) is 10.4 Å². The Morgan fingerprint density at radius 2 is 1.54 bits per heavy atom. The van der Waals surface area contributed by atoms with Gasteiger partial charge in [0.1, 0.15) is 18.0 Å². The van der Waals surface area contributed by atoms with Crippen molar-refractivity contribution in [3.8, 4) is 12.1 Å². The summed E-state index contributed by atoms with van der Waals surface area (Å²) in [7, 11) is 0. The number of aryl methyl sites for hydroxylation is 3. The molecule has 0 bridgehead atoms. The van der Waals surface area contributed by atoms with Gasteiger partial charge in [0.15, 0.2) is 0 Å². The molecule has 4 nitrogen and oxygen atoms in total. The van der Waals surface area contributed by atoms with E-state index in [1.54, 1.807) is 0 Å². The Morgan fingerprint density at radius 1 is 0.962 bits per heavy atom. The van der Waals surface area contributed by atoms with Gasteiger partial charge in [-0.1, -0.05) is 35.9 Å². The molecule has 128 valence electrons. The lowest BCUT2D eigenvalue weighted by molar-refractivity contribution is 0.420. The molecular weight excluding hydrogens is 320 g/mol. The van der Waals surface area contributed by atoms with Crippen LogP contribution in [0.3, 0.4) is 0 Å². The Morgan fingerprint density at radius 3 is 2.04 bits per heavy atom. The third kappa shape index (κ3) is 1.96. The Bertz CT molecular complexity index is 964. The molecule has 1 spiro atoms. The maximum Gasteiger partial charge on any atom is 0.232 e. The molecule has 1 heterocycles. The second kappa shape index (κ2) is 5.44. The SMILES string of the molecule is Cc1cc(C)c(N=C2N(c3ccccc3)C(C#N)(C#N)C23CC3)c(C)c1. The van der Waals surface area contributed by atoms with E-state index in [2.05, 4.69) is 45.0 Å². The smallest absolute Gasteiger partial charge is 0.232 e. The molecule has 2 aromatic carbocycles. The number of rotatable bonds is 2. The molecule has 2 aliphatic rings. The molecule has 0 radical (unpaired) electrons. The van der Waals surface area contributed by atoms with Crippen LogP contribution in [0.1, 0.15) is 29.5 Å². The average molecular weight is 340 g/mol. The average Bonchev–Trinajstić information content (AvgIpc) is 3.43. The molecule has 4 rings (SSSR count). The Balaban J connectivity index is 1.91. The monoisotopic (exact) mass is 340 g/mol. The lowest BCUT2D eigenvalue weighted by Crippen LogP contribution is -2.72. The van der Waals surface area contributed by atoms with Crippen molar-refractivity contribution < 1.29 is 0 Å². The van der Waals surface area contributed by atoms with Gasteiger partial charge >= 0.3 is 0 Å². The van der Waals surface area contributed by atoms with Crippen LogP contribution in [0.5, 0.6) is 0 Å². The van der Waals surface area contributed by atoms with Gasteiger partial charge in [0.05, 0.1) is 11.1 Å². The minimum absolute atomic E-state index is 0.434. The van der Waals surface area contributed by atoms with Crippen LogP contribution in [0.25, 0.3) is 0 Å². The summed E-state index contributed by atoms with van der Waals surface area (Å²) in [6.07, 6.45) is 1.67. The predicted octanol–water partition coefficient (Wildman–Crippen LogP) is 4.73. The van der Waals surface area contributed by atoms with Gasteiger partial charge in [-0.25, -0.2) is 4.99 Å². The fraction of sp³-hybridized carbons (Fsp3) is 0.318. The van der Waals surface area contributed by atoms with Crippen LogP contribution in [0, 0.1) is 48.8 Å². The van der Waals surface area contributed by atoms with Crippen molar-refractivity contribution in [1.29, 1.82) is 10.5 Å². The van der Waals surface area contributed by atoms with Crippen LogP contribution in [-0.2, 0) is 0 Å². The molecule has 0 atom stereocenters. The number of para-hydroxylation sites is 1. The summed E-state index contributed by atoms with van der Waals surface area (Å²) in [5.74, 6) is 0.849. The molecule has 2 aromatic rings. The van der Waals surface area contributed by atoms with Crippen molar-refractivity contribution in [3.63, 3.8) is 0 Å². The minimum atomic E-state index is -1.17. The molecule has 0 N–H and O–H groups in total. The summed E-state index contributed by atoms with van der Waals surface area (Å²) in [6.45, 7) is 6.20. The predicted molar refractivity (Wildman–Crippen MR) is 102 cm³/mol. The fourth-order valence-corrected chi connectivity index (χ4v) is 4.25. The highest BCUT2D eigenvalue weighted by Crippen LogP contribution is 2.66. The van der Waals surface area contributed by atoms with Gasteiger partial charge in [0.25, 0.3) is 0 Å². The van der Waals surface area contributed by atoms with Crippen molar-refractivity contribution in [2.75, 3.05) is 4.90 Å². The Kier molecular flexibility index (Phi) is 3.43. The maximum atomic E-state index is 9.90. The summed E-state index contributed by atoms with van der Waals surface area (Å²) in [6, 6.07) is 18.5. The van der Waals surface area contributed by atoms with Crippen LogP contribution < -0.4 is 4.90 Å². The highest BCUT2D eigenvalue weighted by atomic mass is 15.4. The summed E-state index contributed by atoms with van der Waals surface area (Å²) in [4.78, 5) is 6.84. The van der Waals surface area contributed by atoms with Gasteiger partial charge in [0, 0.05) is 5.69 Å². The first kappa shape index (κ1) is 16.4. The summed E-state index contributed by atoms with van der Waals surface area (Å²) < 4.78 is 0. The molecule has 4 heteroatoms. The topological polar surface area (TPSA) is 63.2 Å². The van der Waals surface area contributed by atoms with E-state index in [1.807, 2.05) is 35.2 Å². The van der Waals surface area contributed by atoms with E-state index < -0.39 is 11.0 Å². The first-order valence-corrected chi connectivity index (χ1v) is 8.84. The Labute approximate surface area is 154 Å². The van der Waals surface area contributed by atoms with Crippen molar-refractivity contribution in [1.82, 2.24) is 0 Å². The van der Waals surface area contributed by atoms with Crippen LogP contribution in [-0.4, -0.2) is 11.4 Å². The van der Waals surface area contributed by atoms with Crippen LogP contribution in [0.4, 0.5) is 11.4 Å². The van der Waals surface area contributed by atoms with E-state index in [9.17, 15) is 10.5 Å². The van der Waals surface area contributed by atoms with E-state index >= 15 is 0 Å². The first-order valence-electron chi connectivity index (χ1n) is 8.84. The second-order valence-corrected chi connectivity index (χ2v) is 7.37. The number of hydrogen-bond acceptors (Lipinski definition) is 3. The quantitative estimate of drug-likeness (QED) is 0.794. The number of nitrogens with zero attached hydrogens (tertiary/aromatic N) is 4. The number of nitriles is 2. The maximum absolute atomic E-state index is 9.90. The lowest BCUT2D eigenvalue weighted by atomic mass is 9.70. The normalized spacial score (nSPS) is 20.3. The molecule has 1 saturated carbocycles. The van der Waals surface area contributed by atoms with Crippen LogP contribution >= 0.6 is 0 Å². The minimum Gasteiger partial charge on any atom is -0.297 e. The number of hydrogen-bond donors (Lipinski definition) is 0. The van der Waals surface area contributed by atoms with E-state index in [4.69, 9.17) is 4.99 Å². The van der Waals surface area contributed by atoms with Gasteiger partial charge in [-0.2, -0.15) is 10.5 Å². The molecule has 26 heavy (non-hydrogen) atoms. The largest absolute Gasteiger partial charge is 0.297 e. The molecule has 0 amide bonds. The van der Waals surface area contributed by atoms with E-state index in [-0.39, 0.29) is 0 Å². The van der Waals surface area contributed by atoms with Gasteiger partial charge in [-0.15, -0.1) is 0 Å². The van der Waals surface area contributed by atoms with Crippen molar-refractivity contribution in [3.05, 3.63) is 59.2 Å². The second-order valence-electron chi connectivity index (χ2n) is 7.37.